The summed E-state index contributed by atoms with van der Waals surface area (Å²) in [6.07, 6.45) is 4.71. The molecule has 2 aromatic carbocycles. The number of nitrogens with one attached hydrogen (secondary N) is 1. The number of sulfone groups is 1. The van der Waals surface area contributed by atoms with Crippen LogP contribution in [0.3, 0.4) is 0 Å². The number of halogens is 2. The molecule has 0 radical (unpaired) electrons. The summed E-state index contributed by atoms with van der Waals surface area (Å²) in [6, 6.07) is 10.6. The molecule has 1 unspecified atom stereocenters. The van der Waals surface area contributed by atoms with Crippen molar-refractivity contribution in [1.82, 2.24) is 5.32 Å². The first-order valence-electron chi connectivity index (χ1n) is 11.0. The van der Waals surface area contributed by atoms with Gasteiger partial charge in [0.1, 0.15) is 5.75 Å². The third-order valence-electron chi connectivity index (χ3n) is 6.44. The van der Waals surface area contributed by atoms with E-state index in [2.05, 4.69) is 10.2 Å². The van der Waals surface area contributed by atoms with Gasteiger partial charge in [0.2, 0.25) is 0 Å². The molecule has 9 heteroatoms. The standard InChI is InChI=1S/C24H28F2N2O4S/c1-24(2,32-19-8-11-21(25)22(26)14-19)23(29)27-15-12-17-4-5-18(13-15)28(17)16-6-9-20(10-7-16)33(3,30)31/h6-11,14-15,17-18H,4-5,12-13H2,1-3H3,(H,27,29)/t15?,17-,18+. The molecule has 0 aliphatic carbocycles. The number of nitrogens with zero attached hydrogens (tertiary/aromatic N) is 1. The summed E-state index contributed by atoms with van der Waals surface area (Å²) in [5, 5.41) is 3.07. The Bertz CT molecular complexity index is 1140. The van der Waals surface area contributed by atoms with Crippen molar-refractivity contribution in [2.45, 2.75) is 68.2 Å². The first-order chi connectivity index (χ1) is 15.4. The van der Waals surface area contributed by atoms with Gasteiger partial charge in [-0.25, -0.2) is 17.2 Å². The fraction of sp³-hybridized carbons (Fsp3) is 0.458. The monoisotopic (exact) mass is 478 g/mol. The molecule has 0 saturated carbocycles. The van der Waals surface area contributed by atoms with Gasteiger partial charge in [-0.2, -0.15) is 0 Å². The predicted molar refractivity (Wildman–Crippen MR) is 121 cm³/mol. The first kappa shape index (κ1) is 23.5. The van der Waals surface area contributed by atoms with Crippen LogP contribution in [-0.4, -0.2) is 44.3 Å². The van der Waals surface area contributed by atoms with Crippen molar-refractivity contribution in [2.75, 3.05) is 11.2 Å². The highest BCUT2D eigenvalue weighted by molar-refractivity contribution is 7.90. The molecule has 178 valence electrons. The van der Waals surface area contributed by atoms with Crippen LogP contribution in [0.1, 0.15) is 39.5 Å². The molecule has 0 aromatic heterocycles. The molecule has 33 heavy (non-hydrogen) atoms. The Morgan fingerprint density at radius 2 is 1.64 bits per heavy atom. The van der Waals surface area contributed by atoms with Gasteiger partial charge in [-0.3, -0.25) is 4.79 Å². The van der Waals surface area contributed by atoms with Crippen LogP contribution >= 0.6 is 0 Å². The van der Waals surface area contributed by atoms with Gasteiger partial charge in [-0.15, -0.1) is 0 Å². The van der Waals surface area contributed by atoms with Crippen molar-refractivity contribution in [3.63, 3.8) is 0 Å². The molecule has 2 saturated heterocycles. The summed E-state index contributed by atoms with van der Waals surface area (Å²) in [4.78, 5) is 15.6. The SMILES string of the molecule is CC(C)(Oc1ccc(F)c(F)c1)C(=O)NC1C[C@H]2CC[C@@H](C1)N2c1ccc(S(C)(=O)=O)cc1. The van der Waals surface area contributed by atoms with Crippen molar-refractivity contribution in [3.05, 3.63) is 54.1 Å². The Hall–Kier alpha value is -2.68. The number of carbonyl (C=O) groups is 1. The zero-order valence-electron chi connectivity index (χ0n) is 18.8. The lowest BCUT2D eigenvalue weighted by Gasteiger charge is -2.41. The van der Waals surface area contributed by atoms with Gasteiger partial charge in [0.15, 0.2) is 27.1 Å². The van der Waals surface area contributed by atoms with Crippen molar-refractivity contribution < 1.29 is 26.7 Å². The molecule has 2 aromatic rings. The Balaban J connectivity index is 1.40. The fourth-order valence-corrected chi connectivity index (χ4v) is 5.45. The van der Waals surface area contributed by atoms with Gasteiger partial charge in [0.05, 0.1) is 4.90 Å². The number of benzene rings is 2. The Kier molecular flexibility index (Phi) is 6.11. The van der Waals surface area contributed by atoms with Crippen LogP contribution in [0, 0.1) is 11.6 Å². The number of amides is 1. The third-order valence-corrected chi connectivity index (χ3v) is 7.57. The average molecular weight is 479 g/mol. The summed E-state index contributed by atoms with van der Waals surface area (Å²) < 4.78 is 55.8. The second-order valence-electron chi connectivity index (χ2n) is 9.39. The van der Waals surface area contributed by atoms with E-state index in [9.17, 15) is 22.0 Å². The van der Waals surface area contributed by atoms with Crippen molar-refractivity contribution in [3.8, 4) is 5.75 Å². The second-order valence-corrected chi connectivity index (χ2v) is 11.4. The van der Waals surface area contributed by atoms with E-state index in [1.807, 2.05) is 12.1 Å². The van der Waals surface area contributed by atoms with E-state index in [1.54, 1.807) is 26.0 Å². The van der Waals surface area contributed by atoms with Crippen LogP contribution in [0.25, 0.3) is 0 Å². The lowest BCUT2D eigenvalue weighted by Crippen LogP contribution is -2.55. The average Bonchev–Trinajstić information content (AvgIpc) is 3.00. The molecule has 2 heterocycles. The van der Waals surface area contributed by atoms with Gasteiger partial charge in [0, 0.05) is 36.1 Å². The Labute approximate surface area is 192 Å². The molecular formula is C24H28F2N2O4S. The summed E-state index contributed by atoms with van der Waals surface area (Å²) in [5.41, 5.74) is -0.274. The molecule has 4 rings (SSSR count). The van der Waals surface area contributed by atoms with Crippen LogP contribution in [0.2, 0.25) is 0 Å². The molecule has 1 N–H and O–H groups in total. The fourth-order valence-electron chi connectivity index (χ4n) is 4.82. The van der Waals surface area contributed by atoms with Crippen molar-refractivity contribution >= 4 is 21.4 Å². The minimum atomic E-state index is -3.24. The van der Waals surface area contributed by atoms with Gasteiger partial charge >= 0.3 is 0 Å². The summed E-state index contributed by atoms with van der Waals surface area (Å²) >= 11 is 0. The number of hydrogen-bond acceptors (Lipinski definition) is 5. The molecular weight excluding hydrogens is 450 g/mol. The van der Waals surface area contributed by atoms with Crippen molar-refractivity contribution in [2.24, 2.45) is 0 Å². The van der Waals surface area contributed by atoms with Gasteiger partial charge in [-0.05, 0) is 75.9 Å². The van der Waals surface area contributed by atoms with E-state index in [0.29, 0.717) is 4.90 Å². The molecule has 2 fully saturated rings. The van der Waals surface area contributed by atoms with Gasteiger partial charge < -0.3 is 15.0 Å². The van der Waals surface area contributed by atoms with E-state index in [-0.39, 0.29) is 29.8 Å². The minimum Gasteiger partial charge on any atom is -0.478 e. The quantitative estimate of drug-likeness (QED) is 0.683. The van der Waals surface area contributed by atoms with E-state index in [4.69, 9.17) is 4.74 Å². The van der Waals surface area contributed by atoms with E-state index < -0.39 is 27.1 Å². The lowest BCUT2D eigenvalue weighted by atomic mass is 9.95. The molecule has 2 bridgehead atoms. The molecule has 2 aliphatic heterocycles. The number of piperidine rings is 1. The van der Waals surface area contributed by atoms with Gasteiger partial charge in [0.25, 0.3) is 5.91 Å². The van der Waals surface area contributed by atoms with Crippen molar-refractivity contribution in [1.29, 1.82) is 0 Å². The number of carbonyl (C=O) groups excluding carboxylic acids is 1. The molecule has 1 amide bonds. The summed E-state index contributed by atoms with van der Waals surface area (Å²) in [5.74, 6) is -2.24. The Morgan fingerprint density at radius 1 is 1.03 bits per heavy atom. The van der Waals surface area contributed by atoms with Crippen LogP contribution < -0.4 is 15.0 Å². The molecule has 6 nitrogen and oxygen atoms in total. The van der Waals surface area contributed by atoms with Crippen LogP contribution in [0.15, 0.2) is 47.4 Å². The number of hydrogen-bond donors (Lipinski definition) is 1. The molecule has 0 spiro atoms. The second kappa shape index (κ2) is 8.59. The predicted octanol–water partition coefficient (Wildman–Crippen LogP) is 3.84. The maximum Gasteiger partial charge on any atom is 0.263 e. The van der Waals surface area contributed by atoms with Crippen LogP contribution in [0.4, 0.5) is 14.5 Å². The largest absolute Gasteiger partial charge is 0.478 e. The third kappa shape index (κ3) is 4.98. The normalized spacial score (nSPS) is 22.8. The number of rotatable bonds is 6. The summed E-state index contributed by atoms with van der Waals surface area (Å²) in [7, 11) is -3.24. The van der Waals surface area contributed by atoms with E-state index in [1.165, 1.54) is 12.3 Å². The molecule has 2 aliphatic rings. The van der Waals surface area contributed by atoms with E-state index >= 15 is 0 Å². The van der Waals surface area contributed by atoms with E-state index in [0.717, 1.165) is 43.5 Å². The number of ether oxygens (including phenoxy) is 1. The summed E-state index contributed by atoms with van der Waals surface area (Å²) in [6.45, 7) is 3.19. The highest BCUT2D eigenvalue weighted by Gasteiger charge is 2.42. The maximum atomic E-state index is 13.5. The highest BCUT2D eigenvalue weighted by atomic mass is 32.2. The smallest absolute Gasteiger partial charge is 0.263 e. The Morgan fingerprint density at radius 3 is 2.18 bits per heavy atom. The zero-order chi connectivity index (χ0) is 24.0. The lowest BCUT2D eigenvalue weighted by molar-refractivity contribution is -0.135. The maximum absolute atomic E-state index is 13.5. The topological polar surface area (TPSA) is 75.7 Å². The zero-order valence-corrected chi connectivity index (χ0v) is 19.7. The van der Waals surface area contributed by atoms with Gasteiger partial charge in [-0.1, -0.05) is 0 Å². The molecule has 3 atom stereocenters. The van der Waals surface area contributed by atoms with Crippen LogP contribution in [0.5, 0.6) is 5.75 Å². The first-order valence-corrected chi connectivity index (χ1v) is 12.9. The number of anilines is 1. The minimum absolute atomic E-state index is 0.0330. The highest BCUT2D eigenvalue weighted by Crippen LogP contribution is 2.39. The van der Waals surface area contributed by atoms with Crippen LogP contribution in [-0.2, 0) is 14.6 Å². The number of fused-ring (bicyclic) bond motifs is 2.